The maximum absolute atomic E-state index is 13.1. The molecule has 0 radical (unpaired) electrons. The Balaban J connectivity index is 2.19. The maximum Gasteiger partial charge on any atom is 0.338 e. The number of urea groups is 1. The van der Waals surface area contributed by atoms with Gasteiger partial charge < -0.3 is 24.3 Å². The number of anilines is 1. The summed E-state index contributed by atoms with van der Waals surface area (Å²) >= 11 is 5.99. The fourth-order valence-electron chi connectivity index (χ4n) is 3.64. The highest BCUT2D eigenvalue weighted by molar-refractivity contribution is 6.30. The Kier molecular flexibility index (Phi) is 7.15. The number of amides is 2. The standard InChI is InChI=1S/C23H25ClN2O6/c1-6-32-22(27)19-13(2)26(16-9-7-15(24)8-10-16)23(28)25-20(19)14-11-17(29-3)21(31-5)18(12-14)30-4/h7-12,20H,6H2,1-5H3,(H,25,28)/t20-/m0/s1. The van der Waals surface area contributed by atoms with Crippen molar-refractivity contribution < 1.29 is 28.5 Å². The molecule has 32 heavy (non-hydrogen) atoms. The van der Waals surface area contributed by atoms with Gasteiger partial charge in [0.05, 0.1) is 45.2 Å². The van der Waals surface area contributed by atoms with E-state index in [1.54, 1.807) is 50.2 Å². The highest BCUT2D eigenvalue weighted by atomic mass is 35.5. The van der Waals surface area contributed by atoms with Crippen molar-refractivity contribution in [2.24, 2.45) is 0 Å². The lowest BCUT2D eigenvalue weighted by atomic mass is 9.94. The van der Waals surface area contributed by atoms with E-state index in [0.29, 0.717) is 39.2 Å². The van der Waals surface area contributed by atoms with Gasteiger partial charge in [-0.05, 0) is 55.8 Å². The number of allylic oxidation sites excluding steroid dienone is 1. The number of carbonyl (C=O) groups excluding carboxylic acids is 2. The van der Waals surface area contributed by atoms with E-state index in [1.807, 2.05) is 0 Å². The molecule has 0 aliphatic carbocycles. The number of ether oxygens (including phenoxy) is 4. The van der Waals surface area contributed by atoms with E-state index in [9.17, 15) is 9.59 Å². The number of hydrogen-bond donors (Lipinski definition) is 1. The second-order valence-corrected chi connectivity index (χ2v) is 7.31. The molecule has 0 fully saturated rings. The summed E-state index contributed by atoms with van der Waals surface area (Å²) in [7, 11) is 4.49. The summed E-state index contributed by atoms with van der Waals surface area (Å²) in [6.45, 7) is 3.61. The molecule has 1 aliphatic rings. The largest absolute Gasteiger partial charge is 0.493 e. The summed E-state index contributed by atoms with van der Waals surface area (Å²) in [6.07, 6.45) is 0. The van der Waals surface area contributed by atoms with E-state index < -0.39 is 18.0 Å². The summed E-state index contributed by atoms with van der Waals surface area (Å²) in [5.74, 6) is 0.666. The van der Waals surface area contributed by atoms with E-state index in [1.165, 1.54) is 26.2 Å². The minimum Gasteiger partial charge on any atom is -0.493 e. The van der Waals surface area contributed by atoms with Crippen LogP contribution in [0.1, 0.15) is 25.5 Å². The third-order valence-electron chi connectivity index (χ3n) is 5.09. The van der Waals surface area contributed by atoms with Crippen LogP contribution in [-0.4, -0.2) is 39.9 Å². The van der Waals surface area contributed by atoms with Crippen molar-refractivity contribution in [2.75, 3.05) is 32.8 Å². The zero-order valence-electron chi connectivity index (χ0n) is 18.5. The number of rotatable bonds is 7. The molecule has 0 spiro atoms. The van der Waals surface area contributed by atoms with Crippen LogP contribution in [0.3, 0.4) is 0 Å². The molecule has 8 nitrogen and oxygen atoms in total. The summed E-state index contributed by atoms with van der Waals surface area (Å²) in [6, 6.07) is 8.94. The molecule has 1 atom stereocenters. The van der Waals surface area contributed by atoms with Gasteiger partial charge in [-0.3, -0.25) is 4.90 Å². The van der Waals surface area contributed by atoms with Crippen LogP contribution in [0.5, 0.6) is 17.2 Å². The van der Waals surface area contributed by atoms with Gasteiger partial charge in [0.1, 0.15) is 0 Å². The Morgan fingerprint density at radius 1 is 1.06 bits per heavy atom. The van der Waals surface area contributed by atoms with E-state index in [0.717, 1.165) is 0 Å². The average molecular weight is 461 g/mol. The highest BCUT2D eigenvalue weighted by Crippen LogP contribution is 2.42. The average Bonchev–Trinajstić information content (AvgIpc) is 2.78. The second-order valence-electron chi connectivity index (χ2n) is 6.87. The van der Waals surface area contributed by atoms with Crippen LogP contribution in [0.15, 0.2) is 47.7 Å². The Morgan fingerprint density at radius 2 is 1.66 bits per heavy atom. The molecular weight excluding hydrogens is 436 g/mol. The molecule has 2 aromatic carbocycles. The van der Waals surface area contributed by atoms with Crippen molar-refractivity contribution in [3.63, 3.8) is 0 Å². The predicted molar refractivity (Wildman–Crippen MR) is 121 cm³/mol. The van der Waals surface area contributed by atoms with Crippen LogP contribution >= 0.6 is 11.6 Å². The van der Waals surface area contributed by atoms with Gasteiger partial charge in [-0.2, -0.15) is 0 Å². The van der Waals surface area contributed by atoms with E-state index in [-0.39, 0.29) is 12.2 Å². The van der Waals surface area contributed by atoms with E-state index in [4.69, 9.17) is 30.5 Å². The summed E-state index contributed by atoms with van der Waals surface area (Å²) in [5, 5.41) is 3.44. The lowest BCUT2D eigenvalue weighted by Gasteiger charge is -2.35. The number of benzene rings is 2. The van der Waals surface area contributed by atoms with Crippen LogP contribution in [0.4, 0.5) is 10.5 Å². The van der Waals surface area contributed by atoms with Crippen molar-refractivity contribution in [1.82, 2.24) is 5.32 Å². The number of methoxy groups -OCH3 is 3. The number of halogens is 1. The number of nitrogens with one attached hydrogen (secondary N) is 1. The van der Waals surface area contributed by atoms with Gasteiger partial charge in [0.15, 0.2) is 11.5 Å². The molecule has 0 aromatic heterocycles. The zero-order chi connectivity index (χ0) is 23.4. The number of hydrogen-bond acceptors (Lipinski definition) is 6. The molecule has 0 unspecified atom stereocenters. The van der Waals surface area contributed by atoms with Crippen molar-refractivity contribution in [1.29, 1.82) is 0 Å². The summed E-state index contributed by atoms with van der Waals surface area (Å²) < 4.78 is 21.6. The van der Waals surface area contributed by atoms with Crippen LogP contribution in [0, 0.1) is 0 Å². The molecule has 1 N–H and O–H groups in total. The molecule has 1 heterocycles. The third kappa shape index (κ3) is 4.31. The lowest BCUT2D eigenvalue weighted by molar-refractivity contribution is -0.139. The molecule has 0 bridgehead atoms. The minimum atomic E-state index is -0.793. The van der Waals surface area contributed by atoms with Crippen molar-refractivity contribution in [3.8, 4) is 17.2 Å². The van der Waals surface area contributed by atoms with Gasteiger partial charge in [0.2, 0.25) is 5.75 Å². The number of carbonyl (C=O) groups is 2. The molecule has 0 saturated carbocycles. The zero-order valence-corrected chi connectivity index (χ0v) is 19.3. The Morgan fingerprint density at radius 3 is 2.16 bits per heavy atom. The van der Waals surface area contributed by atoms with E-state index >= 15 is 0 Å². The second kappa shape index (κ2) is 9.82. The Labute approximate surface area is 191 Å². The van der Waals surface area contributed by atoms with Crippen molar-refractivity contribution in [2.45, 2.75) is 19.9 Å². The molecule has 1 aliphatic heterocycles. The third-order valence-corrected chi connectivity index (χ3v) is 5.34. The molecule has 2 amide bonds. The predicted octanol–water partition coefficient (Wildman–Crippen LogP) is 4.47. The van der Waals surface area contributed by atoms with Gasteiger partial charge in [0.25, 0.3) is 0 Å². The first-order valence-corrected chi connectivity index (χ1v) is 10.3. The Bertz CT molecular complexity index is 1030. The topological polar surface area (TPSA) is 86.3 Å². The Hall–Kier alpha value is -3.39. The van der Waals surface area contributed by atoms with Gasteiger partial charge in [0, 0.05) is 10.7 Å². The number of nitrogens with zero attached hydrogens (tertiary/aromatic N) is 1. The van der Waals surface area contributed by atoms with Gasteiger partial charge in [-0.15, -0.1) is 0 Å². The molecule has 9 heteroatoms. The van der Waals surface area contributed by atoms with Crippen molar-refractivity contribution >= 4 is 29.3 Å². The minimum absolute atomic E-state index is 0.187. The first kappa shape index (κ1) is 23.3. The fourth-order valence-corrected chi connectivity index (χ4v) is 3.76. The van der Waals surface area contributed by atoms with Crippen LogP contribution < -0.4 is 24.4 Å². The first-order valence-electron chi connectivity index (χ1n) is 9.90. The fraction of sp³-hybridized carbons (Fsp3) is 0.304. The van der Waals surface area contributed by atoms with E-state index in [2.05, 4.69) is 5.32 Å². The first-order chi connectivity index (χ1) is 15.4. The van der Waals surface area contributed by atoms with Crippen LogP contribution in [0.25, 0.3) is 0 Å². The van der Waals surface area contributed by atoms with Crippen LogP contribution in [0.2, 0.25) is 5.02 Å². The maximum atomic E-state index is 13.1. The highest BCUT2D eigenvalue weighted by Gasteiger charge is 2.38. The molecule has 0 saturated heterocycles. The monoisotopic (exact) mass is 460 g/mol. The summed E-state index contributed by atoms with van der Waals surface area (Å²) in [4.78, 5) is 27.5. The summed E-state index contributed by atoms with van der Waals surface area (Å²) in [5.41, 5.74) is 1.87. The van der Waals surface area contributed by atoms with Crippen molar-refractivity contribution in [3.05, 3.63) is 58.3 Å². The normalized spacial score (nSPS) is 15.9. The van der Waals surface area contributed by atoms with Gasteiger partial charge >= 0.3 is 12.0 Å². The van der Waals surface area contributed by atoms with Gasteiger partial charge in [-0.25, -0.2) is 9.59 Å². The molecule has 170 valence electrons. The van der Waals surface area contributed by atoms with Gasteiger partial charge in [-0.1, -0.05) is 11.6 Å². The van der Waals surface area contributed by atoms with Crippen LogP contribution in [-0.2, 0) is 9.53 Å². The lowest BCUT2D eigenvalue weighted by Crippen LogP contribution is -2.48. The molecule has 3 rings (SSSR count). The molecular formula is C23H25ClN2O6. The SMILES string of the molecule is CCOC(=O)C1=C(C)N(c2ccc(Cl)cc2)C(=O)N[C@H]1c1cc(OC)c(OC)c(OC)c1. The molecule has 2 aromatic rings. The quantitative estimate of drug-likeness (QED) is 0.613. The number of esters is 1. The smallest absolute Gasteiger partial charge is 0.338 e.